The number of hydrogen-bond acceptors (Lipinski definition) is 3. The van der Waals surface area contributed by atoms with Crippen LogP contribution in [0, 0.1) is 0 Å². The van der Waals surface area contributed by atoms with E-state index in [4.69, 9.17) is 0 Å². The Bertz CT molecular complexity index is 1310. The van der Waals surface area contributed by atoms with E-state index in [1.165, 1.54) is 12.1 Å². The zero-order valence-electron chi connectivity index (χ0n) is 17.7. The molecular weight excluding hydrogens is 501 g/mol. The van der Waals surface area contributed by atoms with Crippen LogP contribution in [0.5, 0.6) is 0 Å². The summed E-state index contributed by atoms with van der Waals surface area (Å²) in [6, 6.07) is 9.32. The van der Waals surface area contributed by atoms with Gasteiger partial charge in [0.2, 0.25) is 0 Å². The molecule has 12 heteroatoms. The third-order valence-corrected chi connectivity index (χ3v) is 5.07. The zero-order valence-corrected chi connectivity index (χ0v) is 17.7. The van der Waals surface area contributed by atoms with Gasteiger partial charge < -0.3 is 0 Å². The number of hydrogen-bond donors (Lipinski definition) is 0. The van der Waals surface area contributed by atoms with Crippen molar-refractivity contribution >= 4 is 0 Å². The van der Waals surface area contributed by atoms with Crippen LogP contribution in [0.3, 0.4) is 0 Å². The van der Waals surface area contributed by atoms with Crippen molar-refractivity contribution in [2.24, 2.45) is 0 Å². The van der Waals surface area contributed by atoms with E-state index in [1.807, 2.05) is 0 Å². The Hall–Kier alpha value is -3.96. The standard InChI is InChI=1S/C24H12F9N3/c25-22(26,27)15-3-1-13(2-4-15)14-9-20(18-11-16(5-7-34-18)23(28,29)30)36-21(10-14)19-12-17(6-8-35-19)24(31,32)33/h1-12H. The number of benzene rings is 1. The lowest BCUT2D eigenvalue weighted by atomic mass is 10.0. The van der Waals surface area contributed by atoms with Gasteiger partial charge in [-0.2, -0.15) is 39.5 Å². The minimum Gasteiger partial charge on any atom is -0.255 e. The van der Waals surface area contributed by atoms with Gasteiger partial charge in [0.1, 0.15) is 0 Å². The van der Waals surface area contributed by atoms with Gasteiger partial charge in [-0.3, -0.25) is 9.97 Å². The first-order chi connectivity index (χ1) is 16.7. The lowest BCUT2D eigenvalue weighted by Crippen LogP contribution is -2.06. The number of aromatic nitrogens is 3. The Labute approximate surface area is 197 Å². The average molecular weight is 513 g/mol. The molecule has 0 saturated heterocycles. The molecule has 0 aliphatic carbocycles. The van der Waals surface area contributed by atoms with Gasteiger partial charge in [-0.1, -0.05) is 12.1 Å². The molecule has 3 nitrogen and oxygen atoms in total. The molecule has 3 heterocycles. The quantitative estimate of drug-likeness (QED) is 0.261. The SMILES string of the molecule is FC(F)(F)c1ccc(-c2cc(-c3cc(C(F)(F)F)ccn3)nc(-c3cc(C(F)(F)F)ccn3)c2)cc1. The van der Waals surface area contributed by atoms with Gasteiger partial charge in [-0.15, -0.1) is 0 Å². The second-order valence-electron chi connectivity index (χ2n) is 7.56. The molecule has 0 N–H and O–H groups in total. The summed E-state index contributed by atoms with van der Waals surface area (Å²) in [7, 11) is 0. The van der Waals surface area contributed by atoms with E-state index in [0.717, 1.165) is 48.8 Å². The molecule has 0 spiro atoms. The fraction of sp³-hybridized carbons (Fsp3) is 0.125. The maximum Gasteiger partial charge on any atom is 0.416 e. The molecule has 4 rings (SSSR count). The molecule has 3 aromatic heterocycles. The van der Waals surface area contributed by atoms with E-state index in [2.05, 4.69) is 15.0 Å². The van der Waals surface area contributed by atoms with Gasteiger partial charge in [0, 0.05) is 12.4 Å². The monoisotopic (exact) mass is 513 g/mol. The number of alkyl halides is 9. The van der Waals surface area contributed by atoms with Crippen molar-refractivity contribution in [1.29, 1.82) is 0 Å². The molecule has 1 aromatic carbocycles. The van der Waals surface area contributed by atoms with Gasteiger partial charge in [0.05, 0.1) is 39.5 Å². The summed E-state index contributed by atoms with van der Waals surface area (Å²) in [4.78, 5) is 11.9. The third-order valence-electron chi connectivity index (χ3n) is 5.07. The zero-order chi connectivity index (χ0) is 26.3. The maximum absolute atomic E-state index is 13.2. The minimum absolute atomic E-state index is 0.146. The molecule has 0 fully saturated rings. The molecule has 0 bridgehead atoms. The number of halogens is 9. The Kier molecular flexibility index (Phi) is 6.23. The molecule has 0 radical (unpaired) electrons. The highest BCUT2D eigenvalue weighted by molar-refractivity contribution is 5.75. The van der Waals surface area contributed by atoms with Gasteiger partial charge >= 0.3 is 18.5 Å². The van der Waals surface area contributed by atoms with E-state index in [9.17, 15) is 39.5 Å². The molecule has 0 unspecified atom stereocenters. The van der Waals surface area contributed by atoms with E-state index < -0.39 is 35.2 Å². The summed E-state index contributed by atoms with van der Waals surface area (Å²) < 4.78 is 118. The molecule has 186 valence electrons. The third kappa shape index (κ3) is 5.47. The Balaban J connectivity index is 1.90. The predicted octanol–water partition coefficient (Wildman–Crippen LogP) is 7.93. The summed E-state index contributed by atoms with van der Waals surface area (Å²) in [5, 5.41) is 0. The van der Waals surface area contributed by atoms with Crippen molar-refractivity contribution < 1.29 is 39.5 Å². The summed E-state index contributed by atoms with van der Waals surface area (Å²) >= 11 is 0. The highest BCUT2D eigenvalue weighted by Crippen LogP contribution is 2.36. The predicted molar refractivity (Wildman–Crippen MR) is 111 cm³/mol. The smallest absolute Gasteiger partial charge is 0.255 e. The molecule has 36 heavy (non-hydrogen) atoms. The second-order valence-corrected chi connectivity index (χ2v) is 7.56. The fourth-order valence-electron chi connectivity index (χ4n) is 3.31. The average Bonchev–Trinajstić information content (AvgIpc) is 2.82. The van der Waals surface area contributed by atoms with E-state index in [1.54, 1.807) is 0 Å². The molecule has 4 aromatic rings. The van der Waals surface area contributed by atoms with Gasteiger partial charge in [-0.05, 0) is 59.7 Å². The van der Waals surface area contributed by atoms with Gasteiger partial charge in [0.15, 0.2) is 0 Å². The lowest BCUT2D eigenvalue weighted by molar-refractivity contribution is -0.138. The fourth-order valence-corrected chi connectivity index (χ4v) is 3.31. The Morgan fingerprint density at radius 3 is 1.22 bits per heavy atom. The molecule has 0 amide bonds. The van der Waals surface area contributed by atoms with Crippen molar-refractivity contribution in [3.8, 4) is 33.9 Å². The minimum atomic E-state index is -4.70. The van der Waals surface area contributed by atoms with Crippen LogP contribution in [0.2, 0.25) is 0 Å². The Morgan fingerprint density at radius 2 is 0.833 bits per heavy atom. The molecule has 0 saturated carbocycles. The van der Waals surface area contributed by atoms with Crippen LogP contribution in [0.25, 0.3) is 33.9 Å². The van der Waals surface area contributed by atoms with Crippen molar-refractivity contribution in [2.45, 2.75) is 18.5 Å². The molecule has 0 aliphatic rings. The van der Waals surface area contributed by atoms with Crippen molar-refractivity contribution in [3.05, 3.63) is 89.7 Å². The van der Waals surface area contributed by atoms with Crippen LogP contribution in [0.1, 0.15) is 16.7 Å². The topological polar surface area (TPSA) is 38.7 Å². The van der Waals surface area contributed by atoms with Crippen molar-refractivity contribution in [1.82, 2.24) is 15.0 Å². The maximum atomic E-state index is 13.2. The van der Waals surface area contributed by atoms with Crippen molar-refractivity contribution in [2.75, 3.05) is 0 Å². The lowest BCUT2D eigenvalue weighted by Gasteiger charge is -2.13. The van der Waals surface area contributed by atoms with Crippen LogP contribution in [-0.2, 0) is 18.5 Å². The first-order valence-corrected chi connectivity index (χ1v) is 9.99. The molecular formula is C24H12F9N3. The number of rotatable bonds is 3. The van der Waals surface area contributed by atoms with Gasteiger partial charge in [-0.25, -0.2) is 4.98 Å². The summed E-state index contributed by atoms with van der Waals surface area (Å²) in [5.41, 5.74) is -3.38. The van der Waals surface area contributed by atoms with E-state index >= 15 is 0 Å². The Morgan fingerprint density at radius 1 is 0.417 bits per heavy atom. The normalized spacial score (nSPS) is 12.6. The highest BCUT2D eigenvalue weighted by Gasteiger charge is 2.32. The number of nitrogens with zero attached hydrogens (tertiary/aromatic N) is 3. The molecule has 0 aliphatic heterocycles. The van der Waals surface area contributed by atoms with Crippen LogP contribution >= 0.6 is 0 Å². The van der Waals surface area contributed by atoms with Crippen LogP contribution < -0.4 is 0 Å². The van der Waals surface area contributed by atoms with Crippen molar-refractivity contribution in [3.63, 3.8) is 0 Å². The van der Waals surface area contributed by atoms with E-state index in [0.29, 0.717) is 12.1 Å². The first-order valence-electron chi connectivity index (χ1n) is 9.99. The largest absolute Gasteiger partial charge is 0.416 e. The summed E-state index contributed by atoms with van der Waals surface area (Å²) in [6.07, 6.45) is -12.2. The van der Waals surface area contributed by atoms with Gasteiger partial charge in [0.25, 0.3) is 0 Å². The second kappa shape index (κ2) is 8.92. The summed E-state index contributed by atoms with van der Waals surface area (Å²) in [6.45, 7) is 0. The van der Waals surface area contributed by atoms with Crippen LogP contribution in [-0.4, -0.2) is 15.0 Å². The highest BCUT2D eigenvalue weighted by atomic mass is 19.4. The van der Waals surface area contributed by atoms with Crippen LogP contribution in [0.4, 0.5) is 39.5 Å². The number of pyridine rings is 3. The first kappa shape index (κ1) is 25.1. The van der Waals surface area contributed by atoms with Crippen LogP contribution in [0.15, 0.2) is 73.1 Å². The van der Waals surface area contributed by atoms with E-state index in [-0.39, 0.29) is 33.9 Å². The molecule has 0 atom stereocenters. The summed E-state index contributed by atoms with van der Waals surface area (Å²) in [5.74, 6) is 0.